The third kappa shape index (κ3) is 3.08. The number of nitrogens with one attached hydrogen (secondary N) is 1. The van der Waals surface area contributed by atoms with Crippen molar-refractivity contribution in [1.29, 1.82) is 0 Å². The Labute approximate surface area is 135 Å². The summed E-state index contributed by atoms with van der Waals surface area (Å²) in [7, 11) is -3.52. The summed E-state index contributed by atoms with van der Waals surface area (Å²) < 4.78 is 27.1. The second kappa shape index (κ2) is 5.70. The zero-order valence-electron chi connectivity index (χ0n) is 11.6. The summed E-state index contributed by atoms with van der Waals surface area (Å²) in [6, 6.07) is 4.48. The molecule has 0 saturated carbocycles. The maximum Gasteiger partial charge on any atom is 0.243 e. The third-order valence-electron chi connectivity index (χ3n) is 4.54. The molecule has 4 nitrogen and oxygen atoms in total. The van der Waals surface area contributed by atoms with Crippen molar-refractivity contribution in [2.24, 2.45) is 5.41 Å². The van der Waals surface area contributed by atoms with Crippen molar-refractivity contribution >= 4 is 33.2 Å². The lowest BCUT2D eigenvalue weighted by Crippen LogP contribution is -2.39. The Morgan fingerprint density at radius 2 is 1.67 bits per heavy atom. The number of rotatable bonds is 2. The standard InChI is InChI=1S/C14H18Cl2N2O2S/c15-11-7-12(16)9-13(8-11)21(19,20)18-6-3-14(10-18)1-4-17-5-2-14/h7-9,17H,1-6,10H2. The van der Waals surface area contributed by atoms with Gasteiger partial charge in [-0.25, -0.2) is 8.42 Å². The highest BCUT2D eigenvalue weighted by molar-refractivity contribution is 7.89. The van der Waals surface area contributed by atoms with Crippen molar-refractivity contribution in [2.75, 3.05) is 26.2 Å². The Hall–Kier alpha value is -0.330. The molecule has 0 amide bonds. The summed E-state index contributed by atoms with van der Waals surface area (Å²) >= 11 is 11.9. The molecule has 2 fully saturated rings. The predicted octanol–water partition coefficient (Wildman–Crippen LogP) is 2.76. The van der Waals surface area contributed by atoms with Crippen LogP contribution in [-0.2, 0) is 10.0 Å². The van der Waals surface area contributed by atoms with E-state index in [0.29, 0.717) is 23.1 Å². The van der Waals surface area contributed by atoms with Crippen molar-refractivity contribution in [3.63, 3.8) is 0 Å². The average Bonchev–Trinajstić information content (AvgIpc) is 2.83. The van der Waals surface area contributed by atoms with Crippen LogP contribution in [0.1, 0.15) is 19.3 Å². The van der Waals surface area contributed by atoms with E-state index in [1.165, 1.54) is 12.1 Å². The van der Waals surface area contributed by atoms with Crippen molar-refractivity contribution in [3.8, 4) is 0 Å². The number of hydrogen-bond donors (Lipinski definition) is 1. The van der Waals surface area contributed by atoms with Gasteiger partial charge in [0.15, 0.2) is 0 Å². The van der Waals surface area contributed by atoms with E-state index in [-0.39, 0.29) is 10.3 Å². The van der Waals surface area contributed by atoms with Crippen LogP contribution in [0.4, 0.5) is 0 Å². The second-order valence-electron chi connectivity index (χ2n) is 5.94. The molecule has 2 saturated heterocycles. The molecular formula is C14H18Cl2N2O2S. The van der Waals surface area contributed by atoms with Gasteiger partial charge in [0.1, 0.15) is 0 Å². The predicted molar refractivity (Wildman–Crippen MR) is 84.4 cm³/mol. The van der Waals surface area contributed by atoms with Crippen LogP contribution in [0, 0.1) is 5.41 Å². The van der Waals surface area contributed by atoms with Crippen LogP contribution in [0.25, 0.3) is 0 Å². The van der Waals surface area contributed by atoms with Crippen LogP contribution in [0.2, 0.25) is 10.0 Å². The highest BCUT2D eigenvalue weighted by atomic mass is 35.5. The molecule has 0 atom stereocenters. The van der Waals surface area contributed by atoms with Crippen LogP contribution < -0.4 is 5.32 Å². The Morgan fingerprint density at radius 3 is 2.29 bits per heavy atom. The first-order chi connectivity index (χ1) is 9.91. The van der Waals surface area contributed by atoms with Gasteiger partial charge in [0, 0.05) is 23.1 Å². The molecule has 21 heavy (non-hydrogen) atoms. The lowest BCUT2D eigenvalue weighted by atomic mass is 9.78. The molecule has 0 bridgehead atoms. The third-order valence-corrected chi connectivity index (χ3v) is 6.80. The van der Waals surface area contributed by atoms with E-state index in [1.54, 1.807) is 10.4 Å². The van der Waals surface area contributed by atoms with Gasteiger partial charge in [0.25, 0.3) is 0 Å². The van der Waals surface area contributed by atoms with E-state index in [2.05, 4.69) is 5.32 Å². The summed E-state index contributed by atoms with van der Waals surface area (Å²) in [5.74, 6) is 0. The lowest BCUT2D eigenvalue weighted by Gasteiger charge is -2.33. The molecule has 2 aliphatic rings. The second-order valence-corrected chi connectivity index (χ2v) is 8.75. The molecule has 1 aromatic carbocycles. The number of hydrogen-bond acceptors (Lipinski definition) is 3. The fraction of sp³-hybridized carbons (Fsp3) is 0.571. The largest absolute Gasteiger partial charge is 0.317 e. The Balaban J connectivity index is 1.86. The van der Waals surface area contributed by atoms with E-state index in [1.807, 2.05) is 0 Å². The van der Waals surface area contributed by atoms with Crippen LogP contribution >= 0.6 is 23.2 Å². The molecule has 0 radical (unpaired) electrons. The van der Waals surface area contributed by atoms with Crippen LogP contribution in [0.3, 0.4) is 0 Å². The van der Waals surface area contributed by atoms with Crippen molar-refractivity contribution in [3.05, 3.63) is 28.2 Å². The number of sulfonamides is 1. The van der Waals surface area contributed by atoms with Gasteiger partial charge in [-0.3, -0.25) is 0 Å². The summed E-state index contributed by atoms with van der Waals surface area (Å²) in [4.78, 5) is 0.186. The van der Waals surface area contributed by atoms with E-state index in [0.717, 1.165) is 32.4 Å². The van der Waals surface area contributed by atoms with Gasteiger partial charge < -0.3 is 5.32 Å². The SMILES string of the molecule is O=S(=O)(c1cc(Cl)cc(Cl)c1)N1CCC2(CCNCC2)C1. The van der Waals surface area contributed by atoms with Crippen molar-refractivity contribution in [1.82, 2.24) is 9.62 Å². The van der Waals surface area contributed by atoms with Gasteiger partial charge in [-0.15, -0.1) is 0 Å². The fourth-order valence-corrected chi connectivity index (χ4v) is 5.57. The Morgan fingerprint density at radius 1 is 1.05 bits per heavy atom. The molecular weight excluding hydrogens is 331 g/mol. The zero-order chi connectivity index (χ0) is 15.1. The first kappa shape index (κ1) is 15.6. The maximum absolute atomic E-state index is 12.8. The number of benzene rings is 1. The van der Waals surface area contributed by atoms with E-state index < -0.39 is 10.0 Å². The summed E-state index contributed by atoms with van der Waals surface area (Å²) in [5.41, 5.74) is 0.140. The maximum atomic E-state index is 12.8. The number of halogens is 2. The minimum Gasteiger partial charge on any atom is -0.317 e. The molecule has 2 aliphatic heterocycles. The molecule has 0 aromatic heterocycles. The summed E-state index contributed by atoms with van der Waals surface area (Å²) in [6.07, 6.45) is 3.01. The first-order valence-electron chi connectivity index (χ1n) is 7.08. The molecule has 116 valence electrons. The molecule has 0 unspecified atom stereocenters. The van der Waals surface area contributed by atoms with Crippen LogP contribution in [0.15, 0.2) is 23.1 Å². The molecule has 1 N–H and O–H groups in total. The average molecular weight is 349 g/mol. The molecule has 0 aliphatic carbocycles. The monoisotopic (exact) mass is 348 g/mol. The van der Waals surface area contributed by atoms with E-state index in [9.17, 15) is 8.42 Å². The molecule has 7 heteroatoms. The lowest BCUT2D eigenvalue weighted by molar-refractivity contribution is 0.218. The minimum absolute atomic E-state index is 0.140. The highest BCUT2D eigenvalue weighted by Crippen LogP contribution is 2.40. The summed E-state index contributed by atoms with van der Waals surface area (Å²) in [5, 5.41) is 4.02. The van der Waals surface area contributed by atoms with E-state index >= 15 is 0 Å². The zero-order valence-corrected chi connectivity index (χ0v) is 13.9. The van der Waals surface area contributed by atoms with Gasteiger partial charge in [-0.05, 0) is 56.0 Å². The minimum atomic E-state index is -3.52. The highest BCUT2D eigenvalue weighted by Gasteiger charge is 2.43. The van der Waals surface area contributed by atoms with Crippen molar-refractivity contribution in [2.45, 2.75) is 24.2 Å². The topological polar surface area (TPSA) is 49.4 Å². The summed E-state index contributed by atoms with van der Waals surface area (Å²) in [6.45, 7) is 3.11. The fourth-order valence-electron chi connectivity index (χ4n) is 3.29. The molecule has 1 spiro atoms. The Bertz CT molecular complexity index is 622. The number of piperidine rings is 1. The first-order valence-corrected chi connectivity index (χ1v) is 9.28. The number of nitrogens with zero attached hydrogens (tertiary/aromatic N) is 1. The quantitative estimate of drug-likeness (QED) is 0.893. The molecule has 3 rings (SSSR count). The van der Waals surface area contributed by atoms with Crippen molar-refractivity contribution < 1.29 is 8.42 Å². The van der Waals surface area contributed by atoms with Gasteiger partial charge in [0.05, 0.1) is 4.90 Å². The van der Waals surface area contributed by atoms with Crippen LogP contribution in [-0.4, -0.2) is 38.9 Å². The molecule has 2 heterocycles. The normalized spacial score (nSPS) is 22.8. The Kier molecular flexibility index (Phi) is 4.23. The van der Waals surface area contributed by atoms with Gasteiger partial charge in [0.2, 0.25) is 10.0 Å². The smallest absolute Gasteiger partial charge is 0.243 e. The van der Waals surface area contributed by atoms with Gasteiger partial charge in [-0.2, -0.15) is 4.31 Å². The van der Waals surface area contributed by atoms with Crippen LogP contribution in [0.5, 0.6) is 0 Å². The van der Waals surface area contributed by atoms with E-state index in [4.69, 9.17) is 23.2 Å². The molecule has 1 aromatic rings. The van der Waals surface area contributed by atoms with Gasteiger partial charge in [-0.1, -0.05) is 23.2 Å². The van der Waals surface area contributed by atoms with Gasteiger partial charge >= 0.3 is 0 Å².